The topological polar surface area (TPSA) is 86.0 Å². The van der Waals surface area contributed by atoms with Crippen molar-refractivity contribution in [2.24, 2.45) is 22.6 Å². The van der Waals surface area contributed by atoms with E-state index in [0.717, 1.165) is 76.8 Å². The fourth-order valence-electron chi connectivity index (χ4n) is 4.11. The molecule has 2 fully saturated rings. The van der Waals surface area contributed by atoms with Crippen LogP contribution < -0.4 is 16.4 Å². The summed E-state index contributed by atoms with van der Waals surface area (Å²) in [5.74, 6) is 1.69. The summed E-state index contributed by atoms with van der Waals surface area (Å²) in [6.45, 7) is 13.7. The highest BCUT2D eigenvalue weighted by atomic mass is 127. The molecule has 0 aromatic carbocycles. The molecule has 2 heterocycles. The smallest absolute Gasteiger partial charge is 0.221 e. The molecule has 29 heavy (non-hydrogen) atoms. The normalized spacial score (nSPS) is 22.1. The molecule has 1 amide bonds. The van der Waals surface area contributed by atoms with Gasteiger partial charge in [0.25, 0.3) is 0 Å². The molecule has 7 nitrogen and oxygen atoms in total. The molecule has 2 aliphatic heterocycles. The van der Waals surface area contributed by atoms with Crippen LogP contribution in [0.25, 0.3) is 0 Å². The van der Waals surface area contributed by atoms with Crippen molar-refractivity contribution in [1.29, 1.82) is 0 Å². The van der Waals surface area contributed by atoms with E-state index in [1.54, 1.807) is 0 Å². The number of carbonyl (C=O) groups excluding carboxylic acids is 1. The predicted octanol–water partition coefficient (Wildman–Crippen LogP) is 1.87. The summed E-state index contributed by atoms with van der Waals surface area (Å²) in [5.41, 5.74) is 5.46. The highest BCUT2D eigenvalue weighted by Gasteiger charge is 2.23. The number of primary amides is 1. The average Bonchev–Trinajstić information content (AvgIpc) is 2.70. The second-order valence-electron chi connectivity index (χ2n) is 8.46. The maximum atomic E-state index is 11.4. The van der Waals surface area contributed by atoms with Crippen LogP contribution in [-0.2, 0) is 4.79 Å². The zero-order chi connectivity index (χ0) is 20.2. The Hall–Kier alpha value is -0.610. The molecular formula is C21H43IN6O. The molecule has 4 N–H and O–H groups in total. The molecule has 2 rings (SSSR count). The van der Waals surface area contributed by atoms with E-state index in [-0.39, 0.29) is 35.8 Å². The lowest BCUT2D eigenvalue weighted by atomic mass is 9.97. The zero-order valence-corrected chi connectivity index (χ0v) is 20.8. The average molecular weight is 523 g/mol. The van der Waals surface area contributed by atoms with Crippen molar-refractivity contribution in [2.45, 2.75) is 52.4 Å². The van der Waals surface area contributed by atoms with Gasteiger partial charge in [0.15, 0.2) is 5.96 Å². The minimum atomic E-state index is -0.152. The summed E-state index contributed by atoms with van der Waals surface area (Å²) in [6, 6.07) is 0. The van der Waals surface area contributed by atoms with Crippen molar-refractivity contribution in [3.63, 3.8) is 0 Å². The number of hydrogen-bond donors (Lipinski definition) is 3. The number of aliphatic imine (C=N–C) groups is 1. The van der Waals surface area contributed by atoms with E-state index in [9.17, 15) is 4.79 Å². The molecule has 0 saturated carbocycles. The summed E-state index contributed by atoms with van der Waals surface area (Å²) >= 11 is 0. The largest absolute Gasteiger partial charge is 0.369 e. The lowest BCUT2D eigenvalue weighted by Crippen LogP contribution is -2.41. The number of guanidine groups is 1. The molecule has 0 aliphatic carbocycles. The van der Waals surface area contributed by atoms with Crippen LogP contribution in [0.4, 0.5) is 0 Å². The van der Waals surface area contributed by atoms with Crippen molar-refractivity contribution in [1.82, 2.24) is 20.4 Å². The molecule has 1 unspecified atom stereocenters. The first kappa shape index (κ1) is 26.4. The third-order valence-corrected chi connectivity index (χ3v) is 5.97. The van der Waals surface area contributed by atoms with Crippen LogP contribution in [0.5, 0.6) is 0 Å². The van der Waals surface area contributed by atoms with E-state index in [0.29, 0.717) is 0 Å². The Morgan fingerprint density at radius 3 is 2.48 bits per heavy atom. The first-order chi connectivity index (χ1) is 13.6. The third kappa shape index (κ3) is 10.8. The monoisotopic (exact) mass is 522 g/mol. The van der Waals surface area contributed by atoms with Gasteiger partial charge in [-0.1, -0.05) is 6.92 Å². The van der Waals surface area contributed by atoms with Crippen LogP contribution in [0.1, 0.15) is 52.4 Å². The SMILES string of the molecule is CCNC(=NCCCN1CCCC(C(N)=O)C1)NCCCN1CCC(C)CC1.I. The van der Waals surface area contributed by atoms with Gasteiger partial charge in [-0.2, -0.15) is 0 Å². The number of hydrogen-bond acceptors (Lipinski definition) is 4. The van der Waals surface area contributed by atoms with Gasteiger partial charge in [-0.15, -0.1) is 24.0 Å². The van der Waals surface area contributed by atoms with Gasteiger partial charge < -0.3 is 26.2 Å². The van der Waals surface area contributed by atoms with Crippen LogP contribution in [-0.4, -0.2) is 80.6 Å². The van der Waals surface area contributed by atoms with Crippen molar-refractivity contribution in [3.8, 4) is 0 Å². The van der Waals surface area contributed by atoms with E-state index in [1.165, 1.54) is 32.5 Å². The van der Waals surface area contributed by atoms with Crippen LogP contribution in [0.3, 0.4) is 0 Å². The molecule has 0 aromatic heterocycles. The van der Waals surface area contributed by atoms with Crippen LogP contribution in [0.2, 0.25) is 0 Å². The Bertz CT molecular complexity index is 482. The summed E-state index contributed by atoms with van der Waals surface area (Å²) in [4.78, 5) is 21.0. The number of rotatable bonds is 10. The lowest BCUT2D eigenvalue weighted by Gasteiger charge is -2.30. The number of piperidine rings is 2. The Labute approximate surface area is 194 Å². The standard InChI is InChI=1S/C21H42N6O.HI/c1-3-23-21(24-10-5-13-26-15-8-18(2)9-16-26)25-11-6-14-27-12-4-7-19(17-27)20(22)28;/h18-19H,3-17H2,1-2H3,(H2,22,28)(H2,23,24,25);1H. The zero-order valence-electron chi connectivity index (χ0n) is 18.5. The molecule has 0 radical (unpaired) electrons. The second-order valence-corrected chi connectivity index (χ2v) is 8.46. The summed E-state index contributed by atoms with van der Waals surface area (Å²) in [7, 11) is 0. The summed E-state index contributed by atoms with van der Waals surface area (Å²) < 4.78 is 0. The molecule has 0 aromatic rings. The summed E-state index contributed by atoms with van der Waals surface area (Å²) in [5, 5.41) is 6.80. The number of carbonyl (C=O) groups is 1. The van der Waals surface area contributed by atoms with E-state index in [4.69, 9.17) is 10.7 Å². The number of halogens is 1. The quantitative estimate of drug-likeness (QED) is 0.177. The van der Waals surface area contributed by atoms with E-state index < -0.39 is 0 Å². The molecule has 0 spiro atoms. The Balaban J connectivity index is 0.00000420. The van der Waals surface area contributed by atoms with Crippen molar-refractivity contribution in [3.05, 3.63) is 0 Å². The first-order valence-electron chi connectivity index (χ1n) is 11.3. The van der Waals surface area contributed by atoms with E-state index in [2.05, 4.69) is 34.3 Å². The van der Waals surface area contributed by atoms with E-state index >= 15 is 0 Å². The maximum Gasteiger partial charge on any atom is 0.221 e. The van der Waals surface area contributed by atoms with Crippen molar-refractivity contribution >= 4 is 35.8 Å². The Morgan fingerprint density at radius 1 is 1.07 bits per heavy atom. The highest BCUT2D eigenvalue weighted by Crippen LogP contribution is 2.16. The molecule has 8 heteroatoms. The first-order valence-corrected chi connectivity index (χ1v) is 11.3. The van der Waals surface area contributed by atoms with Crippen LogP contribution in [0, 0.1) is 11.8 Å². The lowest BCUT2D eigenvalue weighted by molar-refractivity contribution is -0.123. The van der Waals surface area contributed by atoms with Gasteiger partial charge in [-0.05, 0) is 84.1 Å². The predicted molar refractivity (Wildman–Crippen MR) is 132 cm³/mol. The van der Waals surface area contributed by atoms with Gasteiger partial charge in [0.2, 0.25) is 5.91 Å². The number of amides is 1. The summed E-state index contributed by atoms with van der Waals surface area (Å²) in [6.07, 6.45) is 6.85. The van der Waals surface area contributed by atoms with Gasteiger partial charge in [-0.25, -0.2) is 0 Å². The third-order valence-electron chi connectivity index (χ3n) is 5.97. The van der Waals surface area contributed by atoms with Crippen molar-refractivity contribution in [2.75, 3.05) is 58.9 Å². The fraction of sp³-hybridized carbons (Fsp3) is 0.905. The van der Waals surface area contributed by atoms with Crippen LogP contribution in [0.15, 0.2) is 4.99 Å². The minimum absolute atomic E-state index is 0. The van der Waals surface area contributed by atoms with Crippen LogP contribution >= 0.6 is 24.0 Å². The number of likely N-dealkylation sites (tertiary alicyclic amines) is 2. The minimum Gasteiger partial charge on any atom is -0.369 e. The number of nitrogens with two attached hydrogens (primary N) is 1. The molecule has 2 aliphatic rings. The second kappa shape index (κ2) is 15.2. The van der Waals surface area contributed by atoms with Crippen molar-refractivity contribution < 1.29 is 4.79 Å². The van der Waals surface area contributed by atoms with E-state index in [1.807, 2.05) is 0 Å². The van der Waals surface area contributed by atoms with Gasteiger partial charge in [-0.3, -0.25) is 9.79 Å². The van der Waals surface area contributed by atoms with Gasteiger partial charge in [0, 0.05) is 26.2 Å². The Kier molecular flexibility index (Phi) is 13.9. The maximum absolute atomic E-state index is 11.4. The molecule has 0 bridgehead atoms. The molecule has 1 atom stereocenters. The number of nitrogens with zero attached hydrogens (tertiary/aromatic N) is 3. The van der Waals surface area contributed by atoms with Gasteiger partial charge in [0.1, 0.15) is 0 Å². The van der Waals surface area contributed by atoms with Gasteiger partial charge in [0.05, 0.1) is 5.92 Å². The molecule has 2 saturated heterocycles. The Morgan fingerprint density at radius 2 is 1.79 bits per heavy atom. The highest BCUT2D eigenvalue weighted by molar-refractivity contribution is 14.0. The fourth-order valence-corrected chi connectivity index (χ4v) is 4.11. The molecular weight excluding hydrogens is 479 g/mol. The number of nitrogens with one attached hydrogen (secondary N) is 2. The van der Waals surface area contributed by atoms with Gasteiger partial charge >= 0.3 is 0 Å². The molecule has 170 valence electrons.